The maximum atomic E-state index is 12.3. The molecule has 0 radical (unpaired) electrons. The molecule has 3 aromatic rings. The number of carbonyl (C=O) groups is 1. The summed E-state index contributed by atoms with van der Waals surface area (Å²) in [5, 5.41) is 4.98. The molecule has 26 heavy (non-hydrogen) atoms. The van der Waals surface area contributed by atoms with Gasteiger partial charge in [0.15, 0.2) is 11.5 Å². The van der Waals surface area contributed by atoms with Gasteiger partial charge in [-0.3, -0.25) is 4.79 Å². The van der Waals surface area contributed by atoms with Gasteiger partial charge in [-0.05, 0) is 41.3 Å². The van der Waals surface area contributed by atoms with Gasteiger partial charge < -0.3 is 14.8 Å². The van der Waals surface area contributed by atoms with E-state index in [4.69, 9.17) is 9.47 Å². The lowest BCUT2D eigenvalue weighted by atomic mass is 10.1. The number of ether oxygens (including phenoxy) is 2. The summed E-state index contributed by atoms with van der Waals surface area (Å²) >= 11 is 1.65. The van der Waals surface area contributed by atoms with Gasteiger partial charge in [0.1, 0.15) is 13.2 Å². The Morgan fingerprint density at radius 2 is 1.85 bits per heavy atom. The Hall–Kier alpha value is -3.05. The van der Waals surface area contributed by atoms with Gasteiger partial charge in [-0.25, -0.2) is 0 Å². The summed E-state index contributed by atoms with van der Waals surface area (Å²) < 4.78 is 11.1. The van der Waals surface area contributed by atoms with Crippen molar-refractivity contribution in [2.24, 2.45) is 0 Å². The minimum Gasteiger partial charge on any atom is -0.486 e. The molecule has 5 heteroatoms. The van der Waals surface area contributed by atoms with Crippen molar-refractivity contribution < 1.29 is 14.3 Å². The zero-order valence-corrected chi connectivity index (χ0v) is 14.8. The fourth-order valence-corrected chi connectivity index (χ4v) is 3.51. The lowest BCUT2D eigenvalue weighted by Gasteiger charge is -2.18. The highest BCUT2D eigenvalue weighted by Crippen LogP contribution is 2.32. The molecule has 2 aromatic carbocycles. The van der Waals surface area contributed by atoms with Crippen LogP contribution in [-0.4, -0.2) is 19.1 Å². The highest BCUT2D eigenvalue weighted by atomic mass is 32.1. The van der Waals surface area contributed by atoms with Crippen molar-refractivity contribution in [3.8, 4) is 21.9 Å². The second kappa shape index (κ2) is 7.45. The number of amides is 1. The van der Waals surface area contributed by atoms with E-state index in [2.05, 4.69) is 5.32 Å². The number of para-hydroxylation sites is 1. The highest BCUT2D eigenvalue weighted by Gasteiger charge is 2.11. The van der Waals surface area contributed by atoms with Crippen LogP contribution in [0.3, 0.4) is 0 Å². The number of hydrogen-bond acceptors (Lipinski definition) is 4. The lowest BCUT2D eigenvalue weighted by Crippen LogP contribution is -2.15. The Balaban J connectivity index is 1.49. The van der Waals surface area contributed by atoms with E-state index < -0.39 is 0 Å². The van der Waals surface area contributed by atoms with Gasteiger partial charge in [0.25, 0.3) is 0 Å². The van der Waals surface area contributed by atoms with Crippen LogP contribution in [0.15, 0.2) is 66.1 Å². The van der Waals surface area contributed by atoms with Gasteiger partial charge in [0.05, 0.1) is 0 Å². The summed E-state index contributed by atoms with van der Waals surface area (Å²) in [7, 11) is 0. The third-order valence-electron chi connectivity index (χ3n) is 3.96. The molecule has 1 amide bonds. The molecule has 1 N–H and O–H groups in total. The molecule has 1 aliphatic heterocycles. The van der Waals surface area contributed by atoms with Crippen LogP contribution in [0, 0.1) is 0 Å². The summed E-state index contributed by atoms with van der Waals surface area (Å²) in [6.45, 7) is 1.11. The number of fused-ring (bicyclic) bond motifs is 1. The van der Waals surface area contributed by atoms with E-state index in [-0.39, 0.29) is 5.91 Å². The molecule has 0 bridgehead atoms. The first-order valence-electron chi connectivity index (χ1n) is 8.31. The predicted octanol–water partition coefficient (Wildman–Crippen LogP) is 4.84. The standard InChI is InChI=1S/C21H17NO3S/c23-21(10-8-15-7-9-18-19(14-15)25-12-11-24-18)22-17-5-2-1-4-16(17)20-6-3-13-26-20/h1-10,13-14H,11-12H2,(H,22,23)/b10-8+. The van der Waals surface area contributed by atoms with E-state index in [1.54, 1.807) is 17.4 Å². The quantitative estimate of drug-likeness (QED) is 0.675. The number of nitrogens with one attached hydrogen (secondary N) is 1. The number of hydrogen-bond donors (Lipinski definition) is 1. The average Bonchev–Trinajstić information content (AvgIpc) is 3.21. The first-order chi connectivity index (χ1) is 12.8. The minimum absolute atomic E-state index is 0.177. The number of benzene rings is 2. The van der Waals surface area contributed by atoms with Crippen LogP contribution >= 0.6 is 11.3 Å². The number of rotatable bonds is 4. The summed E-state index contributed by atoms with van der Waals surface area (Å²) in [5.41, 5.74) is 2.70. The maximum Gasteiger partial charge on any atom is 0.248 e. The van der Waals surface area contributed by atoms with Crippen molar-refractivity contribution in [2.45, 2.75) is 0 Å². The molecule has 0 saturated heterocycles. The summed E-state index contributed by atoms with van der Waals surface area (Å²) in [6, 6.07) is 17.5. The molecule has 4 rings (SSSR count). The topological polar surface area (TPSA) is 47.6 Å². The van der Waals surface area contributed by atoms with Crippen molar-refractivity contribution >= 4 is 29.0 Å². The third kappa shape index (κ3) is 3.63. The van der Waals surface area contributed by atoms with Gasteiger partial charge >= 0.3 is 0 Å². The van der Waals surface area contributed by atoms with Gasteiger partial charge in [-0.1, -0.05) is 30.3 Å². The minimum atomic E-state index is -0.177. The van der Waals surface area contributed by atoms with Crippen LogP contribution in [0.5, 0.6) is 11.5 Å². The third-order valence-corrected chi connectivity index (χ3v) is 4.87. The van der Waals surface area contributed by atoms with Crippen LogP contribution < -0.4 is 14.8 Å². The molecule has 0 saturated carbocycles. The molecule has 1 aliphatic rings. The number of thiophene rings is 1. The SMILES string of the molecule is O=C(/C=C/c1ccc2c(c1)OCCO2)Nc1ccccc1-c1cccs1. The van der Waals surface area contributed by atoms with Gasteiger partial charge in [0.2, 0.25) is 5.91 Å². The van der Waals surface area contributed by atoms with E-state index in [0.29, 0.717) is 19.0 Å². The fraction of sp³-hybridized carbons (Fsp3) is 0.0952. The number of carbonyl (C=O) groups excluding carboxylic acids is 1. The van der Waals surface area contributed by atoms with Crippen molar-refractivity contribution in [1.82, 2.24) is 0 Å². The maximum absolute atomic E-state index is 12.3. The van der Waals surface area contributed by atoms with Crippen molar-refractivity contribution in [3.05, 3.63) is 71.6 Å². The summed E-state index contributed by atoms with van der Waals surface area (Å²) in [4.78, 5) is 13.5. The summed E-state index contributed by atoms with van der Waals surface area (Å²) in [6.07, 6.45) is 3.29. The second-order valence-corrected chi connectivity index (χ2v) is 6.70. The highest BCUT2D eigenvalue weighted by molar-refractivity contribution is 7.13. The zero-order chi connectivity index (χ0) is 17.8. The van der Waals surface area contributed by atoms with Crippen molar-refractivity contribution in [1.29, 1.82) is 0 Å². The normalized spacial score (nSPS) is 12.9. The molecule has 0 aliphatic carbocycles. The van der Waals surface area contributed by atoms with Crippen LogP contribution in [0.4, 0.5) is 5.69 Å². The molecule has 0 atom stereocenters. The Morgan fingerprint density at radius 3 is 2.69 bits per heavy atom. The molecule has 1 aromatic heterocycles. The monoisotopic (exact) mass is 363 g/mol. The molecular formula is C21H17NO3S. The van der Waals surface area contributed by atoms with E-state index in [9.17, 15) is 4.79 Å². The Morgan fingerprint density at radius 1 is 1.00 bits per heavy atom. The van der Waals surface area contributed by atoms with E-state index >= 15 is 0 Å². The number of anilines is 1. The average molecular weight is 363 g/mol. The van der Waals surface area contributed by atoms with Crippen molar-refractivity contribution in [2.75, 3.05) is 18.5 Å². The first-order valence-corrected chi connectivity index (χ1v) is 9.19. The van der Waals surface area contributed by atoms with Crippen LogP contribution in [-0.2, 0) is 4.79 Å². The largest absolute Gasteiger partial charge is 0.486 e. The zero-order valence-electron chi connectivity index (χ0n) is 14.0. The Bertz CT molecular complexity index is 948. The van der Waals surface area contributed by atoms with Gasteiger partial charge in [-0.15, -0.1) is 11.3 Å². The second-order valence-electron chi connectivity index (χ2n) is 5.75. The van der Waals surface area contributed by atoms with E-state index in [1.165, 1.54) is 6.08 Å². The molecule has 0 unspecified atom stereocenters. The van der Waals surface area contributed by atoms with E-state index in [0.717, 1.165) is 27.4 Å². The van der Waals surface area contributed by atoms with Gasteiger partial charge in [-0.2, -0.15) is 0 Å². The molecule has 0 spiro atoms. The first kappa shape index (κ1) is 16.4. The molecule has 0 fully saturated rings. The lowest BCUT2D eigenvalue weighted by molar-refractivity contribution is -0.111. The molecular weight excluding hydrogens is 346 g/mol. The summed E-state index contributed by atoms with van der Waals surface area (Å²) in [5.74, 6) is 1.27. The van der Waals surface area contributed by atoms with Crippen LogP contribution in [0.25, 0.3) is 16.5 Å². The fourth-order valence-electron chi connectivity index (χ4n) is 2.75. The van der Waals surface area contributed by atoms with Crippen LogP contribution in [0.1, 0.15) is 5.56 Å². The molecule has 2 heterocycles. The van der Waals surface area contributed by atoms with Gasteiger partial charge in [0, 0.05) is 22.2 Å². The van der Waals surface area contributed by atoms with E-state index in [1.807, 2.05) is 60.0 Å². The Labute approximate surface area is 155 Å². The molecule has 130 valence electrons. The smallest absolute Gasteiger partial charge is 0.248 e. The Kier molecular flexibility index (Phi) is 4.71. The molecule has 4 nitrogen and oxygen atoms in total. The predicted molar refractivity (Wildman–Crippen MR) is 105 cm³/mol. The van der Waals surface area contributed by atoms with Crippen LogP contribution in [0.2, 0.25) is 0 Å². The van der Waals surface area contributed by atoms with Crippen molar-refractivity contribution in [3.63, 3.8) is 0 Å².